The molecule has 25 heavy (non-hydrogen) atoms. The van der Waals surface area contributed by atoms with Crippen LogP contribution in [0.3, 0.4) is 0 Å². The number of hydrogen-bond acceptors (Lipinski definition) is 4. The molecule has 0 atom stereocenters. The molecule has 0 saturated heterocycles. The van der Waals surface area contributed by atoms with E-state index < -0.39 is 19.0 Å². The number of rotatable bonds is 5. The van der Waals surface area contributed by atoms with E-state index >= 15 is 0 Å². The van der Waals surface area contributed by atoms with Crippen LogP contribution in [-0.2, 0) is 19.9 Å². The normalized spacial score (nSPS) is 11.0. The zero-order valence-corrected chi connectivity index (χ0v) is 13.7. The fourth-order valence-corrected chi connectivity index (χ4v) is 2.66. The van der Waals surface area contributed by atoms with Crippen molar-refractivity contribution in [2.75, 3.05) is 5.73 Å². The second-order valence-corrected chi connectivity index (χ2v) is 5.86. The summed E-state index contributed by atoms with van der Waals surface area (Å²) < 4.78 is 28.0. The Morgan fingerprint density at radius 2 is 1.72 bits per heavy atom. The molecule has 0 amide bonds. The first kappa shape index (κ1) is 17.1. The van der Waals surface area contributed by atoms with Crippen molar-refractivity contribution in [3.63, 3.8) is 0 Å². The highest BCUT2D eigenvalue weighted by Crippen LogP contribution is 2.19. The number of hydrogen-bond donors (Lipinski definition) is 1. The van der Waals surface area contributed by atoms with Gasteiger partial charge in [0.15, 0.2) is 0 Å². The molecule has 0 fully saturated rings. The molecule has 1 heterocycles. The zero-order valence-electron chi connectivity index (χ0n) is 13.0. The summed E-state index contributed by atoms with van der Waals surface area (Å²) in [5, 5.41) is 7.99. The van der Waals surface area contributed by atoms with Gasteiger partial charge in [-0.05, 0) is 51.4 Å². The van der Waals surface area contributed by atoms with Crippen molar-refractivity contribution in [3.8, 4) is 5.69 Å². The van der Waals surface area contributed by atoms with Crippen LogP contribution in [0.1, 0.15) is 16.7 Å². The Bertz CT molecular complexity index is 947. The average molecular weight is 366 g/mol. The van der Waals surface area contributed by atoms with Crippen LogP contribution in [0.4, 0.5) is 14.5 Å². The van der Waals surface area contributed by atoms with Gasteiger partial charge >= 0.3 is 5.69 Å². The van der Waals surface area contributed by atoms with Crippen LogP contribution in [-0.4, -0.2) is 19.8 Å². The zero-order chi connectivity index (χ0) is 18.0. The predicted molar refractivity (Wildman–Crippen MR) is 90.2 cm³/mol. The Morgan fingerprint density at radius 1 is 1.04 bits per heavy atom. The van der Waals surface area contributed by atoms with E-state index in [1.165, 1.54) is 18.2 Å². The number of anilines is 1. The van der Waals surface area contributed by atoms with Crippen LogP contribution < -0.4 is 11.4 Å². The molecule has 2 aromatic carbocycles. The molecule has 3 rings (SSSR count). The Balaban J connectivity index is 1.98. The maximum absolute atomic E-state index is 12.9. The molecule has 0 unspecified atom stereocenters. The molecule has 0 aliphatic carbocycles. The second-order valence-electron chi connectivity index (χ2n) is 5.46. The van der Waals surface area contributed by atoms with Gasteiger partial charge in [0.25, 0.3) is 0 Å². The molecule has 1 aromatic heterocycles. The number of nitrogens with two attached hydrogens (primary N) is 1. The summed E-state index contributed by atoms with van der Waals surface area (Å²) in [6.45, 7) is -1.45. The van der Waals surface area contributed by atoms with Crippen LogP contribution in [0, 0.1) is 0 Å². The molecule has 0 bridgehead atoms. The van der Waals surface area contributed by atoms with Crippen molar-refractivity contribution in [1.82, 2.24) is 19.8 Å². The van der Waals surface area contributed by atoms with Crippen molar-refractivity contribution in [2.45, 2.75) is 19.9 Å². The lowest BCUT2D eigenvalue weighted by atomic mass is 10.1. The van der Waals surface area contributed by atoms with Crippen molar-refractivity contribution < 1.29 is 8.78 Å². The highest BCUT2D eigenvalue weighted by atomic mass is 35.5. The number of nitrogens with zero attached hydrogens (tertiary/aromatic N) is 4. The van der Waals surface area contributed by atoms with Gasteiger partial charge in [-0.2, -0.15) is 9.36 Å². The predicted octanol–water partition coefficient (Wildman–Crippen LogP) is 2.65. The van der Waals surface area contributed by atoms with E-state index in [4.69, 9.17) is 17.3 Å². The smallest absolute Gasteiger partial charge is 0.368 e. The molecule has 0 aliphatic heterocycles. The third-order valence-corrected chi connectivity index (χ3v) is 3.98. The number of alkyl halides is 2. The lowest BCUT2D eigenvalue weighted by Crippen LogP contribution is -2.25. The number of halogens is 3. The van der Waals surface area contributed by atoms with E-state index in [1.54, 1.807) is 18.2 Å². The van der Waals surface area contributed by atoms with Crippen LogP contribution in [0.5, 0.6) is 0 Å². The molecule has 2 N–H and O–H groups in total. The summed E-state index contributed by atoms with van der Waals surface area (Å²) in [6, 6.07) is 9.17. The topological polar surface area (TPSA) is 78.7 Å². The molecule has 3 aromatic rings. The summed E-state index contributed by atoms with van der Waals surface area (Å²) in [6.07, 6.45) is 0. The van der Waals surface area contributed by atoms with Gasteiger partial charge in [0, 0.05) is 10.7 Å². The molecule has 6 nitrogen and oxygen atoms in total. The van der Waals surface area contributed by atoms with Gasteiger partial charge in [-0.1, -0.05) is 23.7 Å². The molecule has 0 aliphatic rings. The van der Waals surface area contributed by atoms with Gasteiger partial charge in [-0.3, -0.25) is 0 Å². The van der Waals surface area contributed by atoms with Crippen LogP contribution in [0.2, 0.25) is 5.02 Å². The van der Waals surface area contributed by atoms with Crippen LogP contribution in [0.15, 0.2) is 41.2 Å². The Labute approximate surface area is 146 Å². The average Bonchev–Trinajstić information content (AvgIpc) is 2.97. The van der Waals surface area contributed by atoms with Gasteiger partial charge in [0.05, 0.1) is 12.2 Å². The maximum atomic E-state index is 12.9. The summed E-state index contributed by atoms with van der Waals surface area (Å²) in [5.74, 6) is 0. The fraction of sp³-hybridized carbons (Fsp3) is 0.188. The molecular weight excluding hydrogens is 352 g/mol. The first-order valence-electron chi connectivity index (χ1n) is 7.33. The summed E-state index contributed by atoms with van der Waals surface area (Å²) in [5.41, 5.74) is 7.01. The Morgan fingerprint density at radius 3 is 2.32 bits per heavy atom. The van der Waals surface area contributed by atoms with Gasteiger partial charge in [-0.25, -0.2) is 13.6 Å². The minimum absolute atomic E-state index is 0.0940. The van der Waals surface area contributed by atoms with E-state index in [9.17, 15) is 13.6 Å². The van der Waals surface area contributed by atoms with E-state index in [0.717, 1.165) is 9.36 Å². The quantitative estimate of drug-likeness (QED) is 0.705. The van der Waals surface area contributed by atoms with E-state index in [0.29, 0.717) is 16.3 Å². The molecular formula is C16H14ClF2N5O. The molecule has 9 heteroatoms. The van der Waals surface area contributed by atoms with Crippen molar-refractivity contribution in [1.29, 1.82) is 0 Å². The van der Waals surface area contributed by atoms with Gasteiger partial charge in [0.1, 0.15) is 13.3 Å². The molecule has 0 spiro atoms. The lowest BCUT2D eigenvalue weighted by Gasteiger charge is -2.05. The van der Waals surface area contributed by atoms with E-state index in [2.05, 4.69) is 10.4 Å². The minimum Gasteiger partial charge on any atom is -0.399 e. The minimum atomic E-state index is -0.773. The van der Waals surface area contributed by atoms with Crippen molar-refractivity contribution in [2.24, 2.45) is 0 Å². The Kier molecular flexibility index (Phi) is 4.80. The first-order valence-corrected chi connectivity index (χ1v) is 7.71. The van der Waals surface area contributed by atoms with Crippen molar-refractivity contribution >= 4 is 17.3 Å². The highest BCUT2D eigenvalue weighted by molar-refractivity contribution is 6.31. The van der Waals surface area contributed by atoms with Crippen LogP contribution >= 0.6 is 11.6 Å². The molecule has 0 radical (unpaired) electrons. The number of nitrogen functional groups attached to an aromatic ring is 1. The lowest BCUT2D eigenvalue weighted by molar-refractivity contribution is 0.474. The molecule has 130 valence electrons. The summed E-state index contributed by atoms with van der Waals surface area (Å²) >= 11 is 6.10. The van der Waals surface area contributed by atoms with Crippen LogP contribution in [0.25, 0.3) is 5.69 Å². The van der Waals surface area contributed by atoms with Gasteiger partial charge in [-0.15, -0.1) is 0 Å². The van der Waals surface area contributed by atoms with E-state index in [1.807, 2.05) is 0 Å². The number of aromatic nitrogens is 4. The third kappa shape index (κ3) is 3.53. The van der Waals surface area contributed by atoms with Gasteiger partial charge < -0.3 is 5.73 Å². The standard InChI is InChI=1S/C16H14ClF2N5O/c17-15-6-13(20)2-1-12(15)9-23-16(25)24(22-21-23)14-4-10(7-18)3-11(5-14)8-19/h1-6H,7-9,20H2. The fourth-order valence-electron chi connectivity index (χ4n) is 2.41. The van der Waals surface area contributed by atoms with Gasteiger partial charge in [0.2, 0.25) is 0 Å². The van der Waals surface area contributed by atoms with E-state index in [-0.39, 0.29) is 23.4 Å². The highest BCUT2D eigenvalue weighted by Gasteiger charge is 2.12. The SMILES string of the molecule is Nc1ccc(Cn2nnn(-c3cc(CF)cc(CF)c3)c2=O)c(Cl)c1. The Hall–Kier alpha value is -2.74. The monoisotopic (exact) mass is 365 g/mol. The van der Waals surface area contributed by atoms with Crippen molar-refractivity contribution in [3.05, 3.63) is 68.6 Å². The summed E-state index contributed by atoms with van der Waals surface area (Å²) in [7, 11) is 0. The number of tetrazole rings is 1. The summed E-state index contributed by atoms with van der Waals surface area (Å²) in [4.78, 5) is 12.5. The first-order chi connectivity index (χ1) is 12.0. The third-order valence-electron chi connectivity index (χ3n) is 3.63. The molecule has 0 saturated carbocycles. The number of benzene rings is 2. The second kappa shape index (κ2) is 7.02. The maximum Gasteiger partial charge on any atom is 0.368 e. The largest absolute Gasteiger partial charge is 0.399 e.